The average molecular weight is 157 g/mol. The molecule has 0 rings (SSSR count). The quantitative estimate of drug-likeness (QED) is 0.270. The van der Waals surface area contributed by atoms with Crippen LogP contribution in [0.2, 0.25) is 0 Å². The molecule has 0 heterocycles. The highest BCUT2D eigenvalue weighted by Gasteiger charge is 2.05. The minimum absolute atomic E-state index is 0.0195. The van der Waals surface area contributed by atoms with Crippen LogP contribution >= 0.6 is 0 Å². The zero-order chi connectivity index (χ0) is 8.85. The monoisotopic (exact) mass is 157 g/mol. The number of nitrogens with two attached hydrogens (primary N) is 1. The van der Waals surface area contributed by atoms with Crippen molar-refractivity contribution in [2.24, 2.45) is 5.73 Å². The van der Waals surface area contributed by atoms with E-state index in [1.807, 2.05) is 0 Å². The molecule has 0 spiro atoms. The predicted octanol–water partition coefficient (Wildman–Crippen LogP) is 0.362. The lowest BCUT2D eigenvalue weighted by Gasteiger charge is -2.09. The molecule has 0 radical (unpaired) electrons. The van der Waals surface area contributed by atoms with E-state index in [2.05, 4.69) is 11.9 Å². The van der Waals surface area contributed by atoms with E-state index in [1.165, 1.54) is 0 Å². The maximum Gasteiger partial charge on any atom is 0.102 e. The number of rotatable bonds is 4. The van der Waals surface area contributed by atoms with Crippen LogP contribution in [0.5, 0.6) is 0 Å². The van der Waals surface area contributed by atoms with Gasteiger partial charge in [0.05, 0.1) is 11.9 Å². The van der Waals surface area contributed by atoms with Crippen LogP contribution < -0.4 is 11.1 Å². The molecule has 5 N–H and O–H groups in total. The topological polar surface area (TPSA) is 82.1 Å². The molecule has 0 aliphatic rings. The van der Waals surface area contributed by atoms with Crippen molar-refractivity contribution in [1.82, 2.24) is 5.32 Å². The van der Waals surface area contributed by atoms with E-state index in [-0.39, 0.29) is 5.76 Å². The molecule has 11 heavy (non-hydrogen) atoms. The molecule has 0 aromatic rings. The molecule has 0 saturated carbocycles. The first kappa shape index (κ1) is 9.97. The van der Waals surface area contributed by atoms with Crippen LogP contribution in [0.15, 0.2) is 12.3 Å². The summed E-state index contributed by atoms with van der Waals surface area (Å²) in [6.45, 7) is 3.30. The molecule has 0 aliphatic carbocycles. The molecule has 64 valence electrons. The molecule has 0 amide bonds. The van der Waals surface area contributed by atoms with Crippen LogP contribution in [0.1, 0.15) is 12.8 Å². The van der Waals surface area contributed by atoms with Gasteiger partial charge in [-0.3, -0.25) is 5.41 Å². The molecule has 4 heteroatoms. The first-order valence-electron chi connectivity index (χ1n) is 3.46. The summed E-state index contributed by atoms with van der Waals surface area (Å²) >= 11 is 0. The molecule has 0 aromatic heterocycles. The van der Waals surface area contributed by atoms with Crippen molar-refractivity contribution in [2.75, 3.05) is 7.05 Å². The first-order valence-corrected chi connectivity index (χ1v) is 3.46. The van der Waals surface area contributed by atoms with Gasteiger partial charge < -0.3 is 16.2 Å². The third-order valence-corrected chi connectivity index (χ3v) is 1.44. The summed E-state index contributed by atoms with van der Waals surface area (Å²) in [4.78, 5) is 0. The SMILES string of the molecule is C=C(O)C(N)CCC(=N)NC. The standard InChI is InChI=1S/C7H15N3O/c1-5(11)6(8)3-4-7(9)10-2/h6,11H,1,3-4,8H2,2H3,(H2,9,10). The van der Waals surface area contributed by atoms with Gasteiger partial charge in [-0.1, -0.05) is 6.58 Å². The highest BCUT2D eigenvalue weighted by atomic mass is 16.3. The number of nitrogens with one attached hydrogen (secondary N) is 2. The Hall–Kier alpha value is -1.03. The van der Waals surface area contributed by atoms with Gasteiger partial charge in [-0.15, -0.1) is 0 Å². The van der Waals surface area contributed by atoms with Crippen LogP contribution in [0.25, 0.3) is 0 Å². The summed E-state index contributed by atoms with van der Waals surface area (Å²) in [7, 11) is 1.68. The van der Waals surface area contributed by atoms with E-state index in [1.54, 1.807) is 7.05 Å². The van der Waals surface area contributed by atoms with E-state index in [9.17, 15) is 0 Å². The Labute approximate surface area is 66.6 Å². The van der Waals surface area contributed by atoms with Gasteiger partial charge in [-0.2, -0.15) is 0 Å². The molecule has 0 saturated heterocycles. The zero-order valence-corrected chi connectivity index (χ0v) is 6.72. The molecular formula is C7H15N3O. The van der Waals surface area contributed by atoms with Crippen molar-refractivity contribution in [2.45, 2.75) is 18.9 Å². The smallest absolute Gasteiger partial charge is 0.102 e. The van der Waals surface area contributed by atoms with Gasteiger partial charge in [-0.25, -0.2) is 0 Å². The zero-order valence-electron chi connectivity index (χ0n) is 6.72. The maximum absolute atomic E-state index is 8.80. The Morgan fingerprint density at radius 2 is 2.36 bits per heavy atom. The van der Waals surface area contributed by atoms with Gasteiger partial charge in [0.15, 0.2) is 0 Å². The van der Waals surface area contributed by atoms with Crippen molar-refractivity contribution in [3.05, 3.63) is 12.3 Å². The Bertz CT molecular complexity index is 156. The first-order chi connectivity index (χ1) is 5.07. The Kier molecular flexibility index (Phi) is 4.29. The van der Waals surface area contributed by atoms with Gasteiger partial charge in [0.25, 0.3) is 0 Å². The van der Waals surface area contributed by atoms with E-state index < -0.39 is 6.04 Å². The van der Waals surface area contributed by atoms with Gasteiger partial charge in [0, 0.05) is 13.5 Å². The van der Waals surface area contributed by atoms with Crippen molar-refractivity contribution in [3.63, 3.8) is 0 Å². The highest BCUT2D eigenvalue weighted by molar-refractivity contribution is 5.78. The summed E-state index contributed by atoms with van der Waals surface area (Å²) in [5, 5.41) is 18.7. The fourth-order valence-electron chi connectivity index (χ4n) is 0.591. The van der Waals surface area contributed by atoms with Crippen LogP contribution in [0.3, 0.4) is 0 Å². The number of amidine groups is 1. The summed E-state index contributed by atoms with van der Waals surface area (Å²) in [5.41, 5.74) is 5.45. The van der Waals surface area contributed by atoms with Gasteiger partial charge in [0.1, 0.15) is 5.76 Å². The third-order valence-electron chi connectivity index (χ3n) is 1.44. The molecule has 0 aliphatic heterocycles. The molecular weight excluding hydrogens is 142 g/mol. The molecule has 4 nitrogen and oxygen atoms in total. The van der Waals surface area contributed by atoms with E-state index in [4.69, 9.17) is 16.2 Å². The van der Waals surface area contributed by atoms with Gasteiger partial charge >= 0.3 is 0 Å². The lowest BCUT2D eigenvalue weighted by atomic mass is 10.1. The third kappa shape index (κ3) is 4.38. The largest absolute Gasteiger partial charge is 0.511 e. The van der Waals surface area contributed by atoms with Crippen LogP contribution in [-0.4, -0.2) is 24.0 Å². The Balaban J connectivity index is 3.54. The molecule has 1 unspecified atom stereocenters. The fraction of sp³-hybridized carbons (Fsp3) is 0.571. The lowest BCUT2D eigenvalue weighted by molar-refractivity contribution is 0.363. The molecule has 1 atom stereocenters. The van der Waals surface area contributed by atoms with Gasteiger partial charge in [0.2, 0.25) is 0 Å². The summed E-state index contributed by atoms with van der Waals surface area (Å²) < 4.78 is 0. The Morgan fingerprint density at radius 1 is 1.82 bits per heavy atom. The second-order valence-corrected chi connectivity index (χ2v) is 2.37. The maximum atomic E-state index is 8.80. The van der Waals surface area contributed by atoms with E-state index in [0.717, 1.165) is 0 Å². The second kappa shape index (κ2) is 4.73. The van der Waals surface area contributed by atoms with Crippen molar-refractivity contribution in [1.29, 1.82) is 5.41 Å². The summed E-state index contributed by atoms with van der Waals surface area (Å²) in [6, 6.07) is -0.413. The number of hydrogen-bond donors (Lipinski definition) is 4. The minimum atomic E-state index is -0.413. The van der Waals surface area contributed by atoms with E-state index in [0.29, 0.717) is 18.7 Å². The van der Waals surface area contributed by atoms with Gasteiger partial charge in [-0.05, 0) is 6.42 Å². The summed E-state index contributed by atoms with van der Waals surface area (Å²) in [5.74, 6) is 0.399. The van der Waals surface area contributed by atoms with Crippen molar-refractivity contribution < 1.29 is 5.11 Å². The average Bonchev–Trinajstić information content (AvgIpc) is 1.99. The molecule has 0 bridgehead atoms. The number of aliphatic hydroxyl groups excluding tert-OH is 1. The number of hydrogen-bond acceptors (Lipinski definition) is 3. The van der Waals surface area contributed by atoms with Crippen LogP contribution in [-0.2, 0) is 0 Å². The lowest BCUT2D eigenvalue weighted by Crippen LogP contribution is -2.25. The minimum Gasteiger partial charge on any atom is -0.511 e. The van der Waals surface area contributed by atoms with Crippen molar-refractivity contribution in [3.8, 4) is 0 Å². The van der Waals surface area contributed by atoms with Crippen LogP contribution in [0.4, 0.5) is 0 Å². The molecule has 0 aromatic carbocycles. The molecule has 0 fully saturated rings. The Morgan fingerprint density at radius 3 is 2.73 bits per heavy atom. The normalized spacial score (nSPS) is 12.2. The highest BCUT2D eigenvalue weighted by Crippen LogP contribution is 2.00. The second-order valence-electron chi connectivity index (χ2n) is 2.37. The number of aliphatic hydroxyl groups is 1. The fourth-order valence-corrected chi connectivity index (χ4v) is 0.591. The van der Waals surface area contributed by atoms with E-state index >= 15 is 0 Å². The van der Waals surface area contributed by atoms with Crippen molar-refractivity contribution >= 4 is 5.84 Å². The summed E-state index contributed by atoms with van der Waals surface area (Å²) in [6.07, 6.45) is 1.09. The predicted molar refractivity (Wildman–Crippen MR) is 45.8 cm³/mol. The van der Waals surface area contributed by atoms with Crippen LogP contribution in [0, 0.1) is 5.41 Å².